The van der Waals surface area contributed by atoms with Crippen molar-refractivity contribution in [2.75, 3.05) is 19.6 Å². The van der Waals surface area contributed by atoms with Gasteiger partial charge in [0.25, 0.3) is 0 Å². The molecule has 0 aromatic carbocycles. The van der Waals surface area contributed by atoms with Crippen molar-refractivity contribution in [3.8, 4) is 0 Å². The number of rotatable bonds is 5. The summed E-state index contributed by atoms with van der Waals surface area (Å²) in [6.45, 7) is 4.86. The summed E-state index contributed by atoms with van der Waals surface area (Å²) in [6.07, 6.45) is 6.46. The fraction of sp³-hybridized carbons (Fsp3) is 0.923. The van der Waals surface area contributed by atoms with Gasteiger partial charge in [-0.3, -0.25) is 4.90 Å². The Labute approximate surface area is 109 Å². The number of carbonyl (C=O) groups excluding carboxylic acids is 1. The third-order valence-corrected chi connectivity index (χ3v) is 4.29. The van der Waals surface area contributed by atoms with E-state index in [9.17, 15) is 4.79 Å². The van der Waals surface area contributed by atoms with Crippen molar-refractivity contribution in [1.29, 1.82) is 0 Å². The number of nitrogens with one attached hydrogen (secondary N) is 2. The van der Waals surface area contributed by atoms with Crippen LogP contribution in [0.1, 0.15) is 39.0 Å². The standard InChI is InChI=1S/C13H26N4O/c1-2-15-10-8-11-4-3-5-12(9-10)17(11)7-6-16-13(14)18/h10-12,15H,2-9H2,1H3,(H3,14,16,18). The van der Waals surface area contributed by atoms with E-state index in [1.165, 1.54) is 32.1 Å². The van der Waals surface area contributed by atoms with Crippen LogP contribution < -0.4 is 16.4 Å². The quantitative estimate of drug-likeness (QED) is 0.674. The van der Waals surface area contributed by atoms with Crippen LogP contribution in [0.5, 0.6) is 0 Å². The molecule has 0 radical (unpaired) electrons. The van der Waals surface area contributed by atoms with Crippen molar-refractivity contribution in [3.63, 3.8) is 0 Å². The number of nitrogens with zero attached hydrogens (tertiary/aromatic N) is 1. The molecule has 0 spiro atoms. The first-order chi connectivity index (χ1) is 8.70. The van der Waals surface area contributed by atoms with Crippen LogP contribution in [0.15, 0.2) is 0 Å². The van der Waals surface area contributed by atoms with Gasteiger partial charge in [-0.15, -0.1) is 0 Å². The number of amides is 2. The molecule has 2 heterocycles. The summed E-state index contributed by atoms with van der Waals surface area (Å²) in [5.41, 5.74) is 5.11. The predicted octanol–water partition coefficient (Wildman–Crippen LogP) is 0.650. The normalized spacial score (nSPS) is 32.2. The lowest BCUT2D eigenvalue weighted by Crippen LogP contribution is -2.57. The third-order valence-electron chi connectivity index (χ3n) is 4.29. The van der Waals surface area contributed by atoms with Gasteiger partial charge in [-0.05, 0) is 32.2 Å². The van der Waals surface area contributed by atoms with Gasteiger partial charge in [0.1, 0.15) is 0 Å². The van der Waals surface area contributed by atoms with Crippen LogP contribution in [0.2, 0.25) is 0 Å². The zero-order chi connectivity index (χ0) is 13.0. The Morgan fingerprint density at radius 1 is 1.33 bits per heavy atom. The fourth-order valence-electron chi connectivity index (χ4n) is 3.61. The van der Waals surface area contributed by atoms with Crippen LogP contribution in [0.25, 0.3) is 0 Å². The van der Waals surface area contributed by atoms with E-state index in [1.807, 2.05) is 0 Å². The Bertz CT molecular complexity index is 270. The molecule has 2 atom stereocenters. The van der Waals surface area contributed by atoms with Gasteiger partial charge in [-0.25, -0.2) is 4.79 Å². The topological polar surface area (TPSA) is 70.4 Å². The average molecular weight is 254 g/mol. The molecule has 0 aliphatic carbocycles. The van der Waals surface area contributed by atoms with Crippen LogP contribution in [0.3, 0.4) is 0 Å². The second-order valence-corrected chi connectivity index (χ2v) is 5.49. The molecule has 0 aromatic heterocycles. The lowest BCUT2D eigenvalue weighted by molar-refractivity contribution is 0.0265. The smallest absolute Gasteiger partial charge is 0.312 e. The van der Waals surface area contributed by atoms with E-state index in [1.54, 1.807) is 0 Å². The number of urea groups is 1. The van der Waals surface area contributed by atoms with Crippen molar-refractivity contribution >= 4 is 6.03 Å². The van der Waals surface area contributed by atoms with Gasteiger partial charge in [-0.2, -0.15) is 0 Å². The minimum atomic E-state index is -0.414. The van der Waals surface area contributed by atoms with E-state index < -0.39 is 6.03 Å². The molecule has 18 heavy (non-hydrogen) atoms. The summed E-state index contributed by atoms with van der Waals surface area (Å²) in [5.74, 6) is 0. The Morgan fingerprint density at radius 2 is 2.00 bits per heavy atom. The molecule has 2 aliphatic rings. The van der Waals surface area contributed by atoms with Crippen LogP contribution in [0.4, 0.5) is 4.79 Å². The van der Waals surface area contributed by atoms with Crippen LogP contribution in [0, 0.1) is 0 Å². The minimum Gasteiger partial charge on any atom is -0.352 e. The molecular formula is C13H26N4O. The van der Waals surface area contributed by atoms with Crippen molar-refractivity contribution in [2.24, 2.45) is 5.73 Å². The first kappa shape index (κ1) is 13.6. The van der Waals surface area contributed by atoms with Crippen molar-refractivity contribution < 1.29 is 4.79 Å². The molecule has 2 amide bonds. The summed E-state index contributed by atoms with van der Waals surface area (Å²) < 4.78 is 0. The largest absolute Gasteiger partial charge is 0.352 e. The summed E-state index contributed by atoms with van der Waals surface area (Å²) in [4.78, 5) is 13.3. The lowest BCUT2D eigenvalue weighted by Gasteiger charge is -2.49. The summed E-state index contributed by atoms with van der Waals surface area (Å²) >= 11 is 0. The maximum atomic E-state index is 10.7. The number of fused-ring (bicyclic) bond motifs is 2. The zero-order valence-corrected chi connectivity index (χ0v) is 11.3. The molecule has 2 aliphatic heterocycles. The summed E-state index contributed by atoms with van der Waals surface area (Å²) in [5, 5.41) is 6.29. The molecule has 0 saturated carbocycles. The Kier molecular flexibility index (Phi) is 4.83. The maximum Gasteiger partial charge on any atom is 0.312 e. The highest BCUT2D eigenvalue weighted by molar-refractivity contribution is 5.71. The molecule has 5 nitrogen and oxygen atoms in total. The number of hydrogen-bond donors (Lipinski definition) is 3. The second kappa shape index (κ2) is 6.38. The highest BCUT2D eigenvalue weighted by atomic mass is 16.2. The van der Waals surface area contributed by atoms with E-state index in [-0.39, 0.29) is 0 Å². The Morgan fingerprint density at radius 3 is 2.56 bits per heavy atom. The van der Waals surface area contributed by atoms with Crippen molar-refractivity contribution in [1.82, 2.24) is 15.5 Å². The SMILES string of the molecule is CCNC1CC2CCCC(C1)N2CCNC(N)=O. The van der Waals surface area contributed by atoms with Gasteiger partial charge < -0.3 is 16.4 Å². The number of piperidine rings is 2. The molecule has 2 saturated heterocycles. The molecule has 0 aromatic rings. The average Bonchev–Trinajstić information content (AvgIpc) is 2.29. The molecule has 2 fully saturated rings. The zero-order valence-electron chi connectivity index (χ0n) is 11.3. The first-order valence-electron chi connectivity index (χ1n) is 7.23. The fourth-order valence-corrected chi connectivity index (χ4v) is 3.61. The van der Waals surface area contributed by atoms with Crippen LogP contribution >= 0.6 is 0 Å². The van der Waals surface area contributed by atoms with E-state index in [2.05, 4.69) is 22.5 Å². The molecule has 5 heteroatoms. The van der Waals surface area contributed by atoms with E-state index >= 15 is 0 Å². The monoisotopic (exact) mass is 254 g/mol. The third kappa shape index (κ3) is 3.36. The van der Waals surface area contributed by atoms with E-state index in [4.69, 9.17) is 5.73 Å². The Hall–Kier alpha value is -0.810. The van der Waals surface area contributed by atoms with E-state index in [0.717, 1.165) is 13.1 Å². The second-order valence-electron chi connectivity index (χ2n) is 5.49. The summed E-state index contributed by atoms with van der Waals surface area (Å²) in [7, 11) is 0. The van der Waals surface area contributed by atoms with Crippen molar-refractivity contribution in [2.45, 2.75) is 57.2 Å². The number of nitrogens with two attached hydrogens (primary N) is 1. The molecule has 4 N–H and O–H groups in total. The Balaban J connectivity index is 1.85. The van der Waals surface area contributed by atoms with Crippen LogP contribution in [-0.4, -0.2) is 48.7 Å². The molecule has 104 valence electrons. The maximum absolute atomic E-state index is 10.7. The van der Waals surface area contributed by atoms with Gasteiger partial charge in [0.05, 0.1) is 0 Å². The van der Waals surface area contributed by atoms with Gasteiger partial charge in [-0.1, -0.05) is 13.3 Å². The highest BCUT2D eigenvalue weighted by Gasteiger charge is 2.37. The first-order valence-corrected chi connectivity index (χ1v) is 7.23. The van der Waals surface area contributed by atoms with E-state index in [0.29, 0.717) is 24.7 Å². The van der Waals surface area contributed by atoms with Gasteiger partial charge >= 0.3 is 6.03 Å². The molecule has 2 bridgehead atoms. The van der Waals surface area contributed by atoms with Gasteiger partial charge in [0.15, 0.2) is 0 Å². The molecule has 2 rings (SSSR count). The molecular weight excluding hydrogens is 228 g/mol. The lowest BCUT2D eigenvalue weighted by atomic mass is 9.81. The predicted molar refractivity (Wildman–Crippen MR) is 72.4 cm³/mol. The van der Waals surface area contributed by atoms with Gasteiger partial charge in [0, 0.05) is 31.2 Å². The van der Waals surface area contributed by atoms with Gasteiger partial charge in [0.2, 0.25) is 0 Å². The number of primary amides is 1. The number of hydrogen-bond acceptors (Lipinski definition) is 3. The van der Waals surface area contributed by atoms with Crippen molar-refractivity contribution in [3.05, 3.63) is 0 Å². The molecule has 2 unspecified atom stereocenters. The highest BCUT2D eigenvalue weighted by Crippen LogP contribution is 2.33. The number of carbonyl (C=O) groups is 1. The summed E-state index contributed by atoms with van der Waals surface area (Å²) in [6, 6.07) is 1.65. The minimum absolute atomic E-state index is 0.414. The van der Waals surface area contributed by atoms with Crippen LogP contribution in [-0.2, 0) is 0 Å².